The van der Waals surface area contributed by atoms with E-state index in [2.05, 4.69) is 16.8 Å². The van der Waals surface area contributed by atoms with Gasteiger partial charge in [-0.25, -0.2) is 0 Å². The summed E-state index contributed by atoms with van der Waals surface area (Å²) in [5, 5.41) is 2.57. The number of carbonyl (C=O) groups is 1. The first kappa shape index (κ1) is 12.2. The first-order valence-corrected chi connectivity index (χ1v) is 6.59. The maximum absolute atomic E-state index is 11.9. The molecule has 1 fully saturated rings. The third-order valence-corrected chi connectivity index (χ3v) is 4.17. The minimum absolute atomic E-state index is 0.154. The van der Waals surface area contributed by atoms with Gasteiger partial charge in [0.05, 0.1) is 13.1 Å². The van der Waals surface area contributed by atoms with Crippen LogP contribution >= 0.6 is 23.5 Å². The van der Waals surface area contributed by atoms with Gasteiger partial charge in [-0.15, -0.1) is 0 Å². The molecule has 2 heterocycles. The highest BCUT2D eigenvalue weighted by Gasteiger charge is 2.23. The molecular weight excluding hydrogens is 246 g/mol. The zero-order chi connectivity index (χ0) is 11.5. The van der Waals surface area contributed by atoms with E-state index in [1.165, 1.54) is 11.9 Å². The standard InChI is InChI=1S/C10H16ClN3OS/c1-12-2-4-13(5-3-12)7-10(15)14-6-9(11)8-16-14/h8H,2-7H2,1H3. The predicted molar refractivity (Wildman–Crippen MR) is 67.2 cm³/mol. The fourth-order valence-electron chi connectivity index (χ4n) is 1.76. The van der Waals surface area contributed by atoms with Crippen molar-refractivity contribution >= 4 is 29.5 Å². The Morgan fingerprint density at radius 3 is 2.69 bits per heavy atom. The van der Waals surface area contributed by atoms with Crippen molar-refractivity contribution in [1.29, 1.82) is 0 Å². The quantitative estimate of drug-likeness (QED) is 0.688. The summed E-state index contributed by atoms with van der Waals surface area (Å²) in [4.78, 5) is 16.4. The van der Waals surface area contributed by atoms with Crippen LogP contribution in [0.1, 0.15) is 0 Å². The molecule has 0 aliphatic carbocycles. The van der Waals surface area contributed by atoms with Gasteiger partial charge in [0, 0.05) is 36.6 Å². The van der Waals surface area contributed by atoms with Crippen molar-refractivity contribution in [2.24, 2.45) is 0 Å². The van der Waals surface area contributed by atoms with E-state index in [1.54, 1.807) is 4.31 Å². The molecule has 2 aliphatic heterocycles. The lowest BCUT2D eigenvalue weighted by molar-refractivity contribution is -0.127. The van der Waals surface area contributed by atoms with Gasteiger partial charge in [0.15, 0.2) is 0 Å². The summed E-state index contributed by atoms with van der Waals surface area (Å²) >= 11 is 7.24. The Kier molecular flexibility index (Phi) is 4.13. The fourth-order valence-corrected chi connectivity index (χ4v) is 2.77. The van der Waals surface area contributed by atoms with E-state index in [1.807, 2.05) is 5.41 Å². The summed E-state index contributed by atoms with van der Waals surface area (Å²) in [6.45, 7) is 5.10. The van der Waals surface area contributed by atoms with Crippen LogP contribution in [0.3, 0.4) is 0 Å². The number of rotatable bonds is 2. The smallest absolute Gasteiger partial charge is 0.247 e. The molecule has 0 aromatic carbocycles. The van der Waals surface area contributed by atoms with Gasteiger partial charge in [0.2, 0.25) is 5.91 Å². The van der Waals surface area contributed by atoms with E-state index in [-0.39, 0.29) is 5.91 Å². The Balaban J connectivity index is 1.75. The summed E-state index contributed by atoms with van der Waals surface area (Å²) in [5.41, 5.74) is 0. The maximum Gasteiger partial charge on any atom is 0.247 e. The number of amides is 1. The number of piperazine rings is 1. The molecule has 1 amide bonds. The molecule has 0 radical (unpaired) electrons. The van der Waals surface area contributed by atoms with Crippen LogP contribution in [0.2, 0.25) is 0 Å². The average Bonchev–Trinajstić information content (AvgIpc) is 2.68. The van der Waals surface area contributed by atoms with Crippen LogP contribution < -0.4 is 0 Å². The summed E-state index contributed by atoms with van der Waals surface area (Å²) < 4.78 is 1.72. The van der Waals surface area contributed by atoms with Gasteiger partial charge in [-0.2, -0.15) is 0 Å². The van der Waals surface area contributed by atoms with Crippen LogP contribution in [-0.2, 0) is 4.79 Å². The van der Waals surface area contributed by atoms with Crippen molar-refractivity contribution in [2.75, 3.05) is 46.3 Å². The summed E-state index contributed by atoms with van der Waals surface area (Å²) in [7, 11) is 2.11. The number of hydrogen-bond acceptors (Lipinski definition) is 4. The number of halogens is 1. The highest BCUT2D eigenvalue weighted by molar-refractivity contribution is 8.00. The predicted octanol–water partition coefficient (Wildman–Crippen LogP) is 0.804. The Morgan fingerprint density at radius 1 is 1.44 bits per heavy atom. The molecule has 0 bridgehead atoms. The Hall–Kier alpha value is -0.230. The molecule has 16 heavy (non-hydrogen) atoms. The maximum atomic E-state index is 11.9. The highest BCUT2D eigenvalue weighted by Crippen LogP contribution is 2.26. The molecule has 0 spiro atoms. The molecule has 0 N–H and O–H groups in total. The molecule has 0 saturated carbocycles. The number of carbonyl (C=O) groups excluding carboxylic acids is 1. The van der Waals surface area contributed by atoms with Crippen LogP contribution in [0.5, 0.6) is 0 Å². The summed E-state index contributed by atoms with van der Waals surface area (Å²) in [6.07, 6.45) is 0. The van der Waals surface area contributed by atoms with Crippen LogP contribution in [0.25, 0.3) is 0 Å². The molecule has 0 aromatic heterocycles. The van der Waals surface area contributed by atoms with Gasteiger partial charge < -0.3 is 4.90 Å². The second-order valence-corrected chi connectivity index (χ2v) is 5.55. The lowest BCUT2D eigenvalue weighted by Gasteiger charge is -2.32. The van der Waals surface area contributed by atoms with E-state index in [0.717, 1.165) is 31.2 Å². The molecular formula is C10H16ClN3OS. The zero-order valence-corrected chi connectivity index (χ0v) is 10.9. The van der Waals surface area contributed by atoms with Crippen molar-refractivity contribution in [3.05, 3.63) is 10.4 Å². The first-order chi connectivity index (χ1) is 7.65. The normalized spacial score (nSPS) is 23.6. The monoisotopic (exact) mass is 261 g/mol. The van der Waals surface area contributed by atoms with Crippen molar-refractivity contribution in [3.8, 4) is 0 Å². The van der Waals surface area contributed by atoms with Crippen molar-refractivity contribution in [1.82, 2.24) is 14.1 Å². The minimum Gasteiger partial charge on any atom is -0.304 e. The molecule has 0 unspecified atom stereocenters. The molecule has 6 heteroatoms. The van der Waals surface area contributed by atoms with Crippen molar-refractivity contribution < 1.29 is 4.79 Å². The van der Waals surface area contributed by atoms with Crippen LogP contribution in [-0.4, -0.2) is 66.3 Å². The number of likely N-dealkylation sites (N-methyl/N-ethyl adjacent to an activating group) is 1. The topological polar surface area (TPSA) is 26.8 Å². The highest BCUT2D eigenvalue weighted by atomic mass is 35.5. The zero-order valence-electron chi connectivity index (χ0n) is 9.36. The first-order valence-electron chi connectivity index (χ1n) is 5.38. The van der Waals surface area contributed by atoms with Crippen LogP contribution in [0, 0.1) is 0 Å². The lowest BCUT2D eigenvalue weighted by atomic mass is 10.3. The lowest BCUT2D eigenvalue weighted by Crippen LogP contribution is -2.47. The second kappa shape index (κ2) is 5.40. The van der Waals surface area contributed by atoms with Gasteiger partial charge in [0.1, 0.15) is 0 Å². The van der Waals surface area contributed by atoms with Gasteiger partial charge in [-0.3, -0.25) is 14.0 Å². The van der Waals surface area contributed by atoms with Gasteiger partial charge in [-0.1, -0.05) is 11.6 Å². The van der Waals surface area contributed by atoms with Gasteiger partial charge >= 0.3 is 0 Å². The number of nitrogens with zero attached hydrogens (tertiary/aromatic N) is 3. The van der Waals surface area contributed by atoms with E-state index < -0.39 is 0 Å². The summed E-state index contributed by atoms with van der Waals surface area (Å²) in [6, 6.07) is 0. The molecule has 90 valence electrons. The fraction of sp³-hybridized carbons (Fsp3) is 0.700. The Labute approximate surface area is 105 Å². The third-order valence-electron chi connectivity index (χ3n) is 2.84. The number of hydrogen-bond donors (Lipinski definition) is 0. The molecule has 4 nitrogen and oxygen atoms in total. The molecule has 2 aliphatic rings. The average molecular weight is 262 g/mol. The van der Waals surface area contributed by atoms with E-state index >= 15 is 0 Å². The van der Waals surface area contributed by atoms with E-state index in [9.17, 15) is 4.79 Å². The van der Waals surface area contributed by atoms with Crippen LogP contribution in [0.15, 0.2) is 10.4 Å². The molecule has 0 atom stereocenters. The van der Waals surface area contributed by atoms with Gasteiger partial charge in [-0.05, 0) is 19.0 Å². The van der Waals surface area contributed by atoms with Crippen molar-refractivity contribution in [2.45, 2.75) is 0 Å². The molecule has 2 rings (SSSR count). The molecule has 1 saturated heterocycles. The van der Waals surface area contributed by atoms with E-state index in [4.69, 9.17) is 11.6 Å². The van der Waals surface area contributed by atoms with Crippen molar-refractivity contribution in [3.63, 3.8) is 0 Å². The SMILES string of the molecule is CN1CCN(CC(=O)N2CC(Cl)=CS2)CC1. The molecule has 0 aromatic rings. The van der Waals surface area contributed by atoms with Crippen LogP contribution in [0.4, 0.5) is 0 Å². The largest absolute Gasteiger partial charge is 0.304 e. The third kappa shape index (κ3) is 3.13. The minimum atomic E-state index is 0.154. The van der Waals surface area contributed by atoms with Gasteiger partial charge in [0.25, 0.3) is 0 Å². The Morgan fingerprint density at radius 2 is 2.12 bits per heavy atom. The second-order valence-electron chi connectivity index (χ2n) is 4.18. The van der Waals surface area contributed by atoms with E-state index in [0.29, 0.717) is 13.1 Å². The summed E-state index contributed by atoms with van der Waals surface area (Å²) in [5.74, 6) is 0.154. The Bertz CT molecular complexity index is 302.